The molecule has 27 heavy (non-hydrogen) atoms. The molecular formula is C19H27N6OY-. The van der Waals surface area contributed by atoms with Gasteiger partial charge in [-0.25, -0.2) is 4.79 Å². The van der Waals surface area contributed by atoms with Gasteiger partial charge in [0, 0.05) is 62.6 Å². The van der Waals surface area contributed by atoms with E-state index in [1.807, 2.05) is 37.4 Å². The van der Waals surface area contributed by atoms with Gasteiger partial charge in [0.05, 0.1) is 5.69 Å². The maximum atomic E-state index is 12.3. The Morgan fingerprint density at radius 1 is 1.11 bits per heavy atom. The van der Waals surface area contributed by atoms with Crippen LogP contribution in [0.15, 0.2) is 30.3 Å². The minimum Gasteiger partial charge on any atom is -0.659 e. The fourth-order valence-corrected chi connectivity index (χ4v) is 2.85. The second-order valence-corrected chi connectivity index (χ2v) is 7.57. The average Bonchev–Trinajstić information content (AvgIpc) is 2.97. The van der Waals surface area contributed by atoms with Gasteiger partial charge >= 0.3 is 6.03 Å². The Hall–Kier alpha value is -1.44. The topological polar surface area (TPSA) is 76.3 Å². The van der Waals surface area contributed by atoms with Gasteiger partial charge in [-0.05, 0) is 37.4 Å². The fraction of sp³-hybridized carbons (Fsp3) is 0.474. The Kier molecular flexibility index (Phi) is 7.43. The molecule has 7 nitrogen and oxygen atoms in total. The molecule has 0 aliphatic carbocycles. The van der Waals surface area contributed by atoms with Gasteiger partial charge in [-0.3, -0.25) is 10.00 Å². The molecule has 2 amide bonds. The summed E-state index contributed by atoms with van der Waals surface area (Å²) >= 11 is 0. The monoisotopic (exact) mass is 444 g/mol. The summed E-state index contributed by atoms with van der Waals surface area (Å²) in [6.45, 7) is 9.94. The summed E-state index contributed by atoms with van der Waals surface area (Å²) in [4.78, 5) is 14.6. The van der Waals surface area contributed by atoms with Gasteiger partial charge in [0.1, 0.15) is 5.82 Å². The number of amides is 2. The number of benzene rings is 1. The molecule has 3 rings (SSSR count). The number of aryl methyl sites for hydroxylation is 1. The molecule has 2 aromatic rings. The molecule has 0 saturated carbocycles. The summed E-state index contributed by atoms with van der Waals surface area (Å²) in [7, 11) is 1.82. The number of nitrogens with one attached hydrogen (secondary N) is 2. The Bertz CT molecular complexity index is 759. The normalized spacial score (nSPS) is 14.4. The van der Waals surface area contributed by atoms with E-state index in [4.69, 9.17) is 0 Å². The summed E-state index contributed by atoms with van der Waals surface area (Å²) in [5, 5.41) is 14.6. The van der Waals surface area contributed by atoms with Crippen LogP contribution in [0.25, 0.3) is 5.32 Å². The summed E-state index contributed by atoms with van der Waals surface area (Å²) < 4.78 is 1.69. The maximum absolute atomic E-state index is 12.3. The number of nitrogens with zero attached hydrogens (tertiary/aromatic N) is 4. The van der Waals surface area contributed by atoms with E-state index in [9.17, 15) is 4.79 Å². The predicted octanol–water partition coefficient (Wildman–Crippen LogP) is 3.55. The number of piperazine rings is 1. The Morgan fingerprint density at radius 3 is 2.30 bits per heavy atom. The van der Waals surface area contributed by atoms with Crippen LogP contribution in [0, 0.1) is 0 Å². The van der Waals surface area contributed by atoms with Crippen molar-refractivity contribution in [3.8, 4) is 0 Å². The smallest absolute Gasteiger partial charge is 0.324 e. The van der Waals surface area contributed by atoms with E-state index in [1.165, 1.54) is 0 Å². The zero-order valence-corrected chi connectivity index (χ0v) is 19.3. The average molecular weight is 444 g/mol. The molecule has 8 heteroatoms. The molecule has 1 saturated heterocycles. The zero-order valence-electron chi connectivity index (χ0n) is 16.5. The second-order valence-electron chi connectivity index (χ2n) is 7.57. The largest absolute Gasteiger partial charge is 0.659 e. The van der Waals surface area contributed by atoms with Crippen molar-refractivity contribution in [1.82, 2.24) is 9.78 Å². The van der Waals surface area contributed by atoms with Crippen LogP contribution in [0.5, 0.6) is 0 Å². The van der Waals surface area contributed by atoms with Crippen molar-refractivity contribution in [2.75, 3.05) is 41.7 Å². The van der Waals surface area contributed by atoms with Crippen LogP contribution in [0.4, 0.5) is 22.0 Å². The molecule has 1 aromatic carbocycles. The number of hydrogen-bond acceptors (Lipinski definition) is 3. The third-order valence-electron chi connectivity index (χ3n) is 4.44. The molecule has 0 unspecified atom stereocenters. The molecule has 0 bridgehead atoms. The van der Waals surface area contributed by atoms with Gasteiger partial charge in [-0.15, -0.1) is 13.1 Å². The van der Waals surface area contributed by atoms with Gasteiger partial charge in [-0.2, -0.15) is 5.10 Å². The van der Waals surface area contributed by atoms with E-state index in [0.717, 1.165) is 43.2 Å². The minimum absolute atomic E-state index is 0. The molecule has 0 atom stereocenters. The van der Waals surface area contributed by atoms with Crippen LogP contribution in [0.2, 0.25) is 0 Å². The minimum atomic E-state index is -0.280. The first-order chi connectivity index (χ1) is 12.3. The molecule has 1 aromatic heterocycles. The number of carbonyl (C=O) groups excluding carboxylic acids is 1. The molecule has 1 aliphatic rings. The Morgan fingerprint density at radius 2 is 1.74 bits per heavy atom. The first-order valence-electron chi connectivity index (χ1n) is 8.94. The van der Waals surface area contributed by atoms with Crippen molar-refractivity contribution in [2.45, 2.75) is 26.2 Å². The van der Waals surface area contributed by atoms with Gasteiger partial charge < -0.3 is 15.5 Å². The van der Waals surface area contributed by atoms with E-state index in [-0.39, 0.29) is 44.2 Å². The van der Waals surface area contributed by atoms with E-state index >= 15 is 0 Å². The van der Waals surface area contributed by atoms with Gasteiger partial charge in [-0.1, -0.05) is 20.8 Å². The quantitative estimate of drug-likeness (QED) is 0.761. The molecule has 1 aliphatic heterocycles. The van der Waals surface area contributed by atoms with Crippen LogP contribution in [-0.4, -0.2) is 42.0 Å². The summed E-state index contributed by atoms with van der Waals surface area (Å²) in [6, 6.07) is 9.53. The number of aromatic nitrogens is 2. The molecular weight excluding hydrogens is 417 g/mol. The standard InChI is InChI=1S/C19H27N6O.Y/c1-19(2,3)16-13-17(24(4)23-16)22-18(26)21-14-5-7-15(8-6-14)25-11-9-20-10-12-25;/h5-8,13H,9-12H2,1-4H3,(H2,21,22,26);/q-1;. The summed E-state index contributed by atoms with van der Waals surface area (Å²) in [5.41, 5.74) is 2.79. The number of carbonyl (C=O) groups is 1. The van der Waals surface area contributed by atoms with Crippen LogP contribution in [0.1, 0.15) is 26.5 Å². The molecule has 1 radical (unpaired) electrons. The van der Waals surface area contributed by atoms with Crippen molar-refractivity contribution in [3.63, 3.8) is 0 Å². The van der Waals surface area contributed by atoms with Crippen molar-refractivity contribution in [2.24, 2.45) is 7.05 Å². The van der Waals surface area contributed by atoms with Crippen molar-refractivity contribution in [1.29, 1.82) is 0 Å². The van der Waals surface area contributed by atoms with Crippen molar-refractivity contribution < 1.29 is 37.5 Å². The number of anilines is 3. The van der Waals surface area contributed by atoms with E-state index in [1.54, 1.807) is 4.68 Å². The Labute approximate surface area is 186 Å². The second kappa shape index (κ2) is 9.17. The van der Waals surface area contributed by atoms with Crippen LogP contribution in [-0.2, 0) is 45.2 Å². The predicted molar refractivity (Wildman–Crippen MR) is 106 cm³/mol. The zero-order chi connectivity index (χ0) is 18.7. The molecule has 2 heterocycles. The van der Waals surface area contributed by atoms with Gasteiger partial charge in [0.15, 0.2) is 0 Å². The van der Waals surface area contributed by atoms with Crippen LogP contribution >= 0.6 is 0 Å². The first-order valence-corrected chi connectivity index (χ1v) is 8.94. The van der Waals surface area contributed by atoms with Gasteiger partial charge in [0.25, 0.3) is 0 Å². The van der Waals surface area contributed by atoms with E-state index in [0.29, 0.717) is 5.82 Å². The summed E-state index contributed by atoms with van der Waals surface area (Å²) in [6.07, 6.45) is 0. The Balaban J connectivity index is 0.00000261. The summed E-state index contributed by atoms with van der Waals surface area (Å²) in [5.74, 6) is 0.668. The van der Waals surface area contributed by atoms with E-state index in [2.05, 4.69) is 46.7 Å². The first kappa shape index (κ1) is 21.9. The molecule has 0 spiro atoms. The van der Waals surface area contributed by atoms with Gasteiger partial charge in [0.2, 0.25) is 0 Å². The number of rotatable bonds is 3. The van der Waals surface area contributed by atoms with Crippen molar-refractivity contribution in [3.05, 3.63) is 41.3 Å². The van der Waals surface area contributed by atoms with Crippen LogP contribution < -0.4 is 15.5 Å². The maximum Gasteiger partial charge on any atom is 0.324 e. The SMILES string of the molecule is Cn1nc(C(C)(C)C)cc1NC(=O)Nc1ccc(N2CC[N-]CC2)cc1.[Y]. The fourth-order valence-electron chi connectivity index (χ4n) is 2.85. The molecule has 2 N–H and O–H groups in total. The third kappa shape index (κ3) is 5.77. The van der Waals surface area contributed by atoms with Crippen molar-refractivity contribution >= 4 is 23.2 Å². The van der Waals surface area contributed by atoms with Crippen LogP contribution in [0.3, 0.4) is 0 Å². The molecule has 1 fully saturated rings. The number of urea groups is 1. The number of hydrogen-bond donors (Lipinski definition) is 2. The molecule has 143 valence electrons. The third-order valence-corrected chi connectivity index (χ3v) is 4.44. The van der Waals surface area contributed by atoms with E-state index < -0.39 is 0 Å².